The maximum atomic E-state index is 11.3. The lowest BCUT2D eigenvalue weighted by molar-refractivity contribution is -0.0133. The third-order valence-corrected chi connectivity index (χ3v) is 5.02. The summed E-state index contributed by atoms with van der Waals surface area (Å²) in [5, 5.41) is 0. The summed E-state index contributed by atoms with van der Waals surface area (Å²) in [5.74, 6) is 0.371. The topological polar surface area (TPSA) is 43.4 Å². The van der Waals surface area contributed by atoms with E-state index in [-0.39, 0.29) is 0 Å². The summed E-state index contributed by atoms with van der Waals surface area (Å²) in [5.41, 5.74) is 0. The van der Waals surface area contributed by atoms with Crippen molar-refractivity contribution in [1.82, 2.24) is 0 Å². The van der Waals surface area contributed by atoms with E-state index < -0.39 is 14.6 Å². The zero-order chi connectivity index (χ0) is 7.24. The van der Waals surface area contributed by atoms with E-state index in [4.69, 9.17) is 4.74 Å². The van der Waals surface area contributed by atoms with Gasteiger partial charge in [0.2, 0.25) is 0 Å². The van der Waals surface area contributed by atoms with E-state index >= 15 is 0 Å². The van der Waals surface area contributed by atoms with E-state index in [0.29, 0.717) is 19.0 Å². The molecule has 0 atom stereocenters. The molecule has 0 saturated carbocycles. The fourth-order valence-electron chi connectivity index (χ4n) is 1.61. The van der Waals surface area contributed by atoms with Gasteiger partial charge in [0.15, 0.2) is 9.84 Å². The Morgan fingerprint density at radius 3 is 2.20 bits per heavy atom. The van der Waals surface area contributed by atoms with Crippen LogP contribution in [0.5, 0.6) is 0 Å². The van der Waals surface area contributed by atoms with Gasteiger partial charge in [-0.15, -0.1) is 0 Å². The molecule has 4 heteroatoms. The molecule has 0 aromatic heterocycles. The fraction of sp³-hybridized carbons (Fsp3) is 1.00. The highest BCUT2D eigenvalue weighted by molar-refractivity contribution is 7.93. The molecule has 10 heavy (non-hydrogen) atoms. The minimum absolute atomic E-state index is 0.371. The molecule has 2 rings (SSSR count). The fourth-order valence-corrected chi connectivity index (χ4v) is 3.55. The Kier molecular flexibility index (Phi) is 1.15. The highest BCUT2D eigenvalue weighted by Gasteiger charge is 2.53. The zero-order valence-electron chi connectivity index (χ0n) is 5.67. The predicted molar refractivity (Wildman–Crippen MR) is 36.6 cm³/mol. The maximum absolute atomic E-state index is 11.3. The molecule has 0 unspecified atom stereocenters. The molecule has 2 saturated heterocycles. The largest absolute Gasteiger partial charge is 0.378 e. The first-order valence-corrected chi connectivity index (χ1v) is 5.12. The molecule has 0 bridgehead atoms. The molecule has 0 aromatic rings. The van der Waals surface area contributed by atoms with Gasteiger partial charge in [-0.05, 0) is 12.8 Å². The van der Waals surface area contributed by atoms with Crippen molar-refractivity contribution in [2.45, 2.75) is 17.6 Å². The highest BCUT2D eigenvalue weighted by Crippen LogP contribution is 2.38. The zero-order valence-corrected chi connectivity index (χ0v) is 6.49. The van der Waals surface area contributed by atoms with Crippen LogP contribution in [0, 0.1) is 0 Å². The molecule has 2 heterocycles. The Hall–Kier alpha value is -0.0900. The van der Waals surface area contributed by atoms with E-state index in [1.807, 2.05) is 0 Å². The lowest BCUT2D eigenvalue weighted by atomic mass is 10.0. The molecule has 0 N–H and O–H groups in total. The molecule has 3 nitrogen and oxygen atoms in total. The van der Waals surface area contributed by atoms with Crippen molar-refractivity contribution in [2.24, 2.45) is 0 Å². The second kappa shape index (κ2) is 1.74. The van der Waals surface area contributed by atoms with Crippen molar-refractivity contribution in [3.63, 3.8) is 0 Å². The summed E-state index contributed by atoms with van der Waals surface area (Å²) < 4.78 is 27.1. The van der Waals surface area contributed by atoms with Gasteiger partial charge in [-0.25, -0.2) is 8.42 Å². The number of sulfone groups is 1. The first kappa shape index (κ1) is 6.61. The molecule has 0 aromatic carbocycles. The van der Waals surface area contributed by atoms with E-state index in [1.54, 1.807) is 0 Å². The molecular weight excluding hydrogens is 152 g/mol. The molecule has 0 aliphatic carbocycles. The SMILES string of the molecule is O=S1(=O)CCCC12COC2. The Bertz CT molecular complexity index is 238. The Balaban J connectivity index is 2.37. The van der Waals surface area contributed by atoms with Gasteiger partial charge in [-0.2, -0.15) is 0 Å². The summed E-state index contributed by atoms with van der Waals surface area (Å²) in [6.07, 6.45) is 1.64. The molecule has 0 amide bonds. The lowest BCUT2D eigenvalue weighted by Crippen LogP contribution is -2.52. The molecule has 2 aliphatic rings. The van der Waals surface area contributed by atoms with Gasteiger partial charge in [0, 0.05) is 0 Å². The average Bonchev–Trinajstić information content (AvgIpc) is 2.02. The first-order valence-electron chi connectivity index (χ1n) is 3.46. The van der Waals surface area contributed by atoms with Crippen molar-refractivity contribution < 1.29 is 13.2 Å². The molecule has 2 fully saturated rings. The number of hydrogen-bond acceptors (Lipinski definition) is 3. The van der Waals surface area contributed by atoms with Crippen LogP contribution in [0.1, 0.15) is 12.8 Å². The molecule has 1 spiro atoms. The number of rotatable bonds is 0. The second-order valence-corrected chi connectivity index (χ2v) is 5.60. The normalized spacial score (nSPS) is 34.0. The van der Waals surface area contributed by atoms with Crippen LogP contribution in [-0.4, -0.2) is 32.1 Å². The van der Waals surface area contributed by atoms with Crippen LogP contribution in [0.15, 0.2) is 0 Å². The van der Waals surface area contributed by atoms with Crippen LogP contribution in [0.3, 0.4) is 0 Å². The smallest absolute Gasteiger partial charge is 0.160 e. The Morgan fingerprint density at radius 2 is 2.00 bits per heavy atom. The van der Waals surface area contributed by atoms with Gasteiger partial charge in [-0.3, -0.25) is 0 Å². The molecule has 58 valence electrons. The van der Waals surface area contributed by atoms with Crippen molar-refractivity contribution in [1.29, 1.82) is 0 Å². The van der Waals surface area contributed by atoms with E-state index in [2.05, 4.69) is 0 Å². The van der Waals surface area contributed by atoms with Gasteiger partial charge in [0.1, 0.15) is 4.75 Å². The van der Waals surface area contributed by atoms with Crippen LogP contribution < -0.4 is 0 Å². The van der Waals surface area contributed by atoms with Crippen molar-refractivity contribution in [2.75, 3.05) is 19.0 Å². The minimum Gasteiger partial charge on any atom is -0.378 e. The quantitative estimate of drug-likeness (QED) is 0.502. The minimum atomic E-state index is -2.77. The van der Waals surface area contributed by atoms with Crippen molar-refractivity contribution >= 4 is 9.84 Å². The standard InChI is InChI=1S/C6H10O3S/c7-10(8)3-1-2-6(10)4-9-5-6/h1-5H2. The van der Waals surface area contributed by atoms with Crippen LogP contribution in [-0.2, 0) is 14.6 Å². The van der Waals surface area contributed by atoms with E-state index in [1.165, 1.54) is 0 Å². The average molecular weight is 162 g/mol. The predicted octanol–water partition coefficient (Wildman–Crippen LogP) is -0.0360. The van der Waals surface area contributed by atoms with Crippen molar-refractivity contribution in [3.8, 4) is 0 Å². The monoisotopic (exact) mass is 162 g/mol. The van der Waals surface area contributed by atoms with Crippen LogP contribution >= 0.6 is 0 Å². The van der Waals surface area contributed by atoms with Gasteiger partial charge >= 0.3 is 0 Å². The second-order valence-electron chi connectivity index (χ2n) is 3.10. The molecular formula is C6H10O3S. The highest BCUT2D eigenvalue weighted by atomic mass is 32.2. The number of ether oxygens (including phenoxy) is 1. The van der Waals surface area contributed by atoms with Crippen LogP contribution in [0.25, 0.3) is 0 Å². The Labute approximate surface area is 60.3 Å². The van der Waals surface area contributed by atoms with Crippen molar-refractivity contribution in [3.05, 3.63) is 0 Å². The maximum Gasteiger partial charge on any atom is 0.160 e. The van der Waals surface area contributed by atoms with E-state index in [0.717, 1.165) is 12.8 Å². The summed E-state index contributed by atoms with van der Waals surface area (Å²) in [6.45, 7) is 0.880. The molecule has 2 aliphatic heterocycles. The lowest BCUT2D eigenvalue weighted by Gasteiger charge is -2.36. The summed E-state index contributed by atoms with van der Waals surface area (Å²) in [6, 6.07) is 0. The van der Waals surface area contributed by atoms with Crippen LogP contribution in [0.4, 0.5) is 0 Å². The first-order chi connectivity index (χ1) is 4.66. The van der Waals surface area contributed by atoms with E-state index in [9.17, 15) is 8.42 Å². The van der Waals surface area contributed by atoms with Gasteiger partial charge < -0.3 is 4.74 Å². The Morgan fingerprint density at radius 1 is 1.30 bits per heavy atom. The summed E-state index contributed by atoms with van der Waals surface area (Å²) >= 11 is 0. The summed E-state index contributed by atoms with van der Waals surface area (Å²) in [7, 11) is -2.77. The third-order valence-electron chi connectivity index (χ3n) is 2.44. The van der Waals surface area contributed by atoms with Crippen LogP contribution in [0.2, 0.25) is 0 Å². The third kappa shape index (κ3) is 0.609. The van der Waals surface area contributed by atoms with Gasteiger partial charge in [-0.1, -0.05) is 0 Å². The number of hydrogen-bond donors (Lipinski definition) is 0. The summed E-state index contributed by atoms with van der Waals surface area (Å²) in [4.78, 5) is 0. The van der Waals surface area contributed by atoms with Gasteiger partial charge in [0.05, 0.1) is 19.0 Å². The van der Waals surface area contributed by atoms with Gasteiger partial charge in [0.25, 0.3) is 0 Å². The molecule has 0 radical (unpaired) electrons.